The molecule has 3 fully saturated rings. The number of hydrogen-bond donors (Lipinski definition) is 1. The number of pyridine rings is 1. The van der Waals surface area contributed by atoms with Gasteiger partial charge in [0.25, 0.3) is 0 Å². The van der Waals surface area contributed by atoms with Gasteiger partial charge in [-0.15, -0.1) is 0 Å². The number of nitrogens with zero attached hydrogens (tertiary/aromatic N) is 5. The summed E-state index contributed by atoms with van der Waals surface area (Å²) in [7, 11) is -2.21. The highest BCUT2D eigenvalue weighted by atomic mass is 35.5. The number of alkyl carbamates (subject to hydrolysis) is 1. The Kier molecular flexibility index (Phi) is 9.33. The fourth-order valence-corrected chi connectivity index (χ4v) is 7.93. The molecule has 10 nitrogen and oxygen atoms in total. The third-order valence-electron chi connectivity index (χ3n) is 9.53. The Labute approximate surface area is 270 Å². The summed E-state index contributed by atoms with van der Waals surface area (Å²) >= 11 is 6.09. The predicted octanol–water partition coefficient (Wildman–Crippen LogP) is 6.27. The van der Waals surface area contributed by atoms with Crippen LogP contribution < -0.4 is 15.0 Å². The minimum atomic E-state index is -2.21. The molecule has 1 amide bonds. The Morgan fingerprint density at radius 1 is 1.18 bits per heavy atom. The van der Waals surface area contributed by atoms with Crippen LogP contribution in [0, 0.1) is 5.82 Å². The molecular weight excluding hydrogens is 622 g/mol. The first-order valence-electron chi connectivity index (χ1n) is 15.8. The van der Waals surface area contributed by atoms with Crippen LogP contribution in [0.15, 0.2) is 6.20 Å². The molecule has 0 aromatic carbocycles. The van der Waals surface area contributed by atoms with E-state index in [1.54, 1.807) is 0 Å². The minimum Gasteiger partial charge on any atom is -0.461 e. The molecule has 0 radical (unpaired) electrons. The zero-order chi connectivity index (χ0) is 32.9. The summed E-state index contributed by atoms with van der Waals surface area (Å²) in [6.45, 7) is 18.5. The fourth-order valence-electron chi connectivity index (χ4n) is 6.44. The van der Waals surface area contributed by atoms with Gasteiger partial charge in [-0.1, -0.05) is 32.4 Å². The summed E-state index contributed by atoms with van der Waals surface area (Å²) in [5.41, 5.74) is -1.11. The fraction of sp³-hybridized carbons (Fsp3) is 0.742. The molecule has 45 heavy (non-hydrogen) atoms. The third kappa shape index (κ3) is 7.46. The summed E-state index contributed by atoms with van der Waals surface area (Å²) in [5.74, 6) is -0.379. The molecule has 0 bridgehead atoms. The number of rotatable bonds is 7. The number of aromatic nitrogens is 3. The van der Waals surface area contributed by atoms with Crippen molar-refractivity contribution in [3.05, 3.63) is 17.2 Å². The Morgan fingerprint density at radius 2 is 1.91 bits per heavy atom. The largest absolute Gasteiger partial charge is 0.461 e. The zero-order valence-electron chi connectivity index (χ0n) is 27.7. The maximum absolute atomic E-state index is 15.5. The highest BCUT2D eigenvalue weighted by Gasteiger charge is 2.49. The average Bonchev–Trinajstić information content (AvgIpc) is 3.42. The number of carbonyl (C=O) groups excluding carboxylic acids is 1. The quantitative estimate of drug-likeness (QED) is 0.270. The van der Waals surface area contributed by atoms with Gasteiger partial charge >= 0.3 is 12.1 Å². The molecule has 4 atom stereocenters. The van der Waals surface area contributed by atoms with E-state index in [2.05, 4.69) is 54.0 Å². The number of carbonyl (C=O) groups is 1. The van der Waals surface area contributed by atoms with Gasteiger partial charge in [-0.25, -0.2) is 18.6 Å². The lowest BCUT2D eigenvalue weighted by atomic mass is 9.95. The standard InChI is InChI=1S/C31H47ClF2N6O4Si/c1-29(2,3)43-28(41)36-20-12-21(44-45(7,8)30(4,5)6)17-39(16-20)26-22-14-35-25(32)23(34)24(22)37-27(38-26)42-18-31-10-9-11-40(31)15-19(33)13-31/h14,19-21H,9-13,15-18H2,1-8H3,(H,36,41)/t19-,20-,21+,31+/m1/s1. The van der Waals surface area contributed by atoms with Crippen LogP contribution in [0.4, 0.5) is 19.4 Å². The molecule has 2 aromatic heterocycles. The first-order chi connectivity index (χ1) is 20.9. The molecule has 1 N–H and O–H groups in total. The van der Waals surface area contributed by atoms with Gasteiger partial charge in [-0.05, 0) is 64.7 Å². The summed E-state index contributed by atoms with van der Waals surface area (Å²) < 4.78 is 48.5. The summed E-state index contributed by atoms with van der Waals surface area (Å²) in [4.78, 5) is 30.2. The Morgan fingerprint density at radius 3 is 2.60 bits per heavy atom. The van der Waals surface area contributed by atoms with Crippen LogP contribution in [0.25, 0.3) is 10.9 Å². The van der Waals surface area contributed by atoms with Crippen LogP contribution in [-0.2, 0) is 9.16 Å². The number of amides is 1. The smallest absolute Gasteiger partial charge is 0.407 e. The van der Waals surface area contributed by atoms with E-state index in [1.807, 2.05) is 25.7 Å². The number of fused-ring (bicyclic) bond motifs is 2. The van der Waals surface area contributed by atoms with Crippen molar-refractivity contribution in [2.24, 2.45) is 0 Å². The Balaban J connectivity index is 1.49. The molecular formula is C31H47ClF2N6O4Si. The van der Waals surface area contributed by atoms with Crippen LogP contribution in [-0.4, -0.2) is 96.5 Å². The number of alkyl halides is 1. The predicted molar refractivity (Wildman–Crippen MR) is 173 cm³/mol. The van der Waals surface area contributed by atoms with E-state index in [9.17, 15) is 9.18 Å². The van der Waals surface area contributed by atoms with Crippen LogP contribution in [0.2, 0.25) is 23.3 Å². The molecule has 5 rings (SSSR count). The molecule has 3 aliphatic heterocycles. The van der Waals surface area contributed by atoms with Gasteiger partial charge < -0.3 is 24.1 Å². The molecule has 2 aromatic rings. The molecule has 250 valence electrons. The molecule has 0 saturated carbocycles. The van der Waals surface area contributed by atoms with Crippen molar-refractivity contribution >= 4 is 42.7 Å². The van der Waals surface area contributed by atoms with Gasteiger partial charge in [0.2, 0.25) is 0 Å². The Hall–Kier alpha value is -2.35. The number of anilines is 1. The molecule has 0 aliphatic carbocycles. The first kappa shape index (κ1) is 34.0. The summed E-state index contributed by atoms with van der Waals surface area (Å²) in [6.07, 6.45) is 2.48. The maximum atomic E-state index is 15.5. The van der Waals surface area contributed by atoms with E-state index in [0.29, 0.717) is 43.7 Å². The molecule has 14 heteroatoms. The molecule has 3 aliphatic rings. The minimum absolute atomic E-state index is 0.0188. The SMILES string of the molecule is CC(C)(C)OC(=O)N[C@@H]1C[C@H](O[Si](C)(C)C(C)(C)C)CN(c2nc(OC[C@@]34CCCN3C[C@H](F)C4)nc3c(F)c(Cl)ncc23)C1. The topological polar surface area (TPSA) is 102 Å². The highest BCUT2D eigenvalue weighted by Crippen LogP contribution is 2.41. The first-order valence-corrected chi connectivity index (χ1v) is 19.1. The molecule has 3 saturated heterocycles. The number of piperidine rings is 1. The van der Waals surface area contributed by atoms with Gasteiger partial charge in [0.15, 0.2) is 19.3 Å². The van der Waals surface area contributed by atoms with E-state index in [0.717, 1.165) is 19.4 Å². The monoisotopic (exact) mass is 668 g/mol. The lowest BCUT2D eigenvalue weighted by Gasteiger charge is -2.44. The van der Waals surface area contributed by atoms with E-state index in [4.69, 9.17) is 30.5 Å². The van der Waals surface area contributed by atoms with Crippen molar-refractivity contribution in [1.29, 1.82) is 0 Å². The van der Waals surface area contributed by atoms with Gasteiger partial charge in [0.05, 0.1) is 23.1 Å². The van der Waals surface area contributed by atoms with E-state index < -0.39 is 37.5 Å². The van der Waals surface area contributed by atoms with Crippen molar-refractivity contribution in [2.75, 3.05) is 37.7 Å². The number of hydrogen-bond acceptors (Lipinski definition) is 9. The normalized spacial score (nSPS) is 26.3. The number of nitrogens with one attached hydrogen (secondary N) is 1. The molecule has 0 spiro atoms. The van der Waals surface area contributed by atoms with Gasteiger partial charge in [-0.2, -0.15) is 9.97 Å². The lowest BCUT2D eigenvalue weighted by Crippen LogP contribution is -2.57. The van der Waals surface area contributed by atoms with Crippen molar-refractivity contribution in [1.82, 2.24) is 25.2 Å². The van der Waals surface area contributed by atoms with Crippen LogP contribution in [0.5, 0.6) is 6.01 Å². The van der Waals surface area contributed by atoms with E-state index in [-0.39, 0.29) is 40.5 Å². The van der Waals surface area contributed by atoms with Crippen LogP contribution in [0.3, 0.4) is 0 Å². The average molecular weight is 669 g/mol. The third-order valence-corrected chi connectivity index (χ3v) is 14.3. The second kappa shape index (κ2) is 12.3. The van der Waals surface area contributed by atoms with E-state index >= 15 is 4.39 Å². The maximum Gasteiger partial charge on any atom is 0.407 e. The van der Waals surface area contributed by atoms with E-state index in [1.165, 1.54) is 6.20 Å². The number of halogens is 3. The van der Waals surface area contributed by atoms with Gasteiger partial charge in [0.1, 0.15) is 29.7 Å². The van der Waals surface area contributed by atoms with Crippen molar-refractivity contribution in [2.45, 2.75) is 115 Å². The lowest BCUT2D eigenvalue weighted by molar-refractivity contribution is 0.0477. The van der Waals surface area contributed by atoms with Crippen LogP contribution >= 0.6 is 11.6 Å². The van der Waals surface area contributed by atoms with Gasteiger partial charge in [0, 0.05) is 32.3 Å². The van der Waals surface area contributed by atoms with Gasteiger partial charge in [-0.3, -0.25) is 4.90 Å². The second-order valence-electron chi connectivity index (χ2n) is 15.3. The van der Waals surface area contributed by atoms with Crippen molar-refractivity contribution in [3.8, 4) is 6.01 Å². The Bertz CT molecular complexity index is 1420. The molecule has 0 unspecified atom stereocenters. The van der Waals surface area contributed by atoms with Crippen LogP contribution in [0.1, 0.15) is 67.2 Å². The zero-order valence-corrected chi connectivity index (χ0v) is 29.4. The second-order valence-corrected chi connectivity index (χ2v) is 20.4. The molecule has 5 heterocycles. The summed E-state index contributed by atoms with van der Waals surface area (Å²) in [6, 6.07) is -0.375. The van der Waals surface area contributed by atoms with Crippen molar-refractivity contribution in [3.63, 3.8) is 0 Å². The number of ether oxygens (including phenoxy) is 2. The highest BCUT2D eigenvalue weighted by molar-refractivity contribution is 6.74. The van der Waals surface area contributed by atoms with Crippen molar-refractivity contribution < 1.29 is 27.5 Å². The summed E-state index contributed by atoms with van der Waals surface area (Å²) in [5, 5.41) is 3.02.